The highest BCUT2D eigenvalue weighted by Crippen LogP contribution is 2.29. The van der Waals surface area contributed by atoms with Gasteiger partial charge in [-0.25, -0.2) is 4.39 Å². The van der Waals surface area contributed by atoms with Gasteiger partial charge >= 0.3 is 0 Å². The van der Waals surface area contributed by atoms with Crippen molar-refractivity contribution in [2.45, 2.75) is 18.9 Å². The summed E-state index contributed by atoms with van der Waals surface area (Å²) in [4.78, 5) is 12.7. The highest BCUT2D eigenvalue weighted by atomic mass is 35.5. The zero-order chi connectivity index (χ0) is 17.1. The first kappa shape index (κ1) is 16.9. The second-order valence-electron chi connectivity index (χ2n) is 6.21. The molecule has 1 saturated heterocycles. The molecule has 2 N–H and O–H groups in total. The van der Waals surface area contributed by atoms with E-state index in [9.17, 15) is 9.18 Å². The molecule has 0 saturated carbocycles. The lowest BCUT2D eigenvalue weighted by molar-refractivity contribution is -0.125. The number of hydrogen-bond donors (Lipinski definition) is 2. The minimum atomic E-state index is -0.296. The molecule has 0 spiro atoms. The molecule has 1 aliphatic heterocycles. The molecule has 2 aromatic rings. The number of nitrogens with one attached hydrogen (secondary N) is 2. The number of hydrogen-bond acceptors (Lipinski definition) is 2. The standard InChI is InChI=1S/C19H20ClFN2O/c1-12(14-3-2-4-16(21)9-14)23-19(24)18-11-22-10-17(18)13-5-7-15(20)8-6-13/h2-9,12,17-18,22H,10-11H2,1H3,(H,23,24)/t12-,17+,18-/m1/s1. The van der Waals surface area contributed by atoms with Crippen molar-refractivity contribution in [2.75, 3.05) is 13.1 Å². The van der Waals surface area contributed by atoms with Crippen molar-refractivity contribution in [3.05, 3.63) is 70.5 Å². The van der Waals surface area contributed by atoms with Crippen LogP contribution < -0.4 is 10.6 Å². The molecular weight excluding hydrogens is 327 g/mol. The van der Waals surface area contributed by atoms with Gasteiger partial charge in [0.15, 0.2) is 0 Å². The third-order valence-electron chi connectivity index (χ3n) is 4.56. The second-order valence-corrected chi connectivity index (χ2v) is 6.64. The average Bonchev–Trinajstić information content (AvgIpc) is 3.05. The summed E-state index contributed by atoms with van der Waals surface area (Å²) in [6.45, 7) is 3.26. The molecular formula is C19H20ClFN2O. The van der Waals surface area contributed by atoms with E-state index in [-0.39, 0.29) is 29.6 Å². The number of carbonyl (C=O) groups excluding carboxylic acids is 1. The summed E-state index contributed by atoms with van der Waals surface area (Å²) in [5, 5.41) is 6.98. The van der Waals surface area contributed by atoms with Crippen LogP contribution in [-0.4, -0.2) is 19.0 Å². The maximum atomic E-state index is 13.3. The van der Waals surface area contributed by atoms with Gasteiger partial charge in [0.2, 0.25) is 5.91 Å². The van der Waals surface area contributed by atoms with E-state index in [1.807, 2.05) is 37.3 Å². The van der Waals surface area contributed by atoms with Gasteiger partial charge in [0.25, 0.3) is 0 Å². The predicted octanol–water partition coefficient (Wildman–Crippen LogP) is 3.66. The van der Waals surface area contributed by atoms with Crippen LogP contribution in [-0.2, 0) is 4.79 Å². The number of carbonyl (C=O) groups is 1. The lowest BCUT2D eigenvalue weighted by Crippen LogP contribution is -2.36. The fraction of sp³-hybridized carbons (Fsp3) is 0.316. The fourth-order valence-electron chi connectivity index (χ4n) is 3.19. The average molecular weight is 347 g/mol. The van der Waals surface area contributed by atoms with Crippen LogP contribution in [0.15, 0.2) is 48.5 Å². The molecule has 1 fully saturated rings. The Morgan fingerprint density at radius 1 is 1.25 bits per heavy atom. The molecule has 3 rings (SSSR count). The van der Waals surface area contributed by atoms with E-state index in [1.165, 1.54) is 12.1 Å². The maximum absolute atomic E-state index is 13.3. The van der Waals surface area contributed by atoms with Crippen LogP contribution in [0, 0.1) is 11.7 Å². The zero-order valence-electron chi connectivity index (χ0n) is 13.4. The Kier molecular flexibility index (Phi) is 5.17. The van der Waals surface area contributed by atoms with Gasteiger partial charge in [-0.1, -0.05) is 35.9 Å². The molecule has 126 valence electrons. The van der Waals surface area contributed by atoms with Crippen molar-refractivity contribution in [3.8, 4) is 0 Å². The lowest BCUT2D eigenvalue weighted by Gasteiger charge is -2.22. The van der Waals surface area contributed by atoms with Crippen LogP contribution >= 0.6 is 11.6 Å². The Labute approximate surface area is 146 Å². The van der Waals surface area contributed by atoms with E-state index in [2.05, 4.69) is 10.6 Å². The van der Waals surface area contributed by atoms with Crippen LogP contribution in [0.4, 0.5) is 4.39 Å². The van der Waals surface area contributed by atoms with Gasteiger partial charge < -0.3 is 10.6 Å². The van der Waals surface area contributed by atoms with E-state index in [1.54, 1.807) is 6.07 Å². The lowest BCUT2D eigenvalue weighted by atomic mass is 9.88. The highest BCUT2D eigenvalue weighted by Gasteiger charge is 2.34. The Balaban J connectivity index is 1.70. The van der Waals surface area contributed by atoms with Gasteiger partial charge in [-0.05, 0) is 42.3 Å². The van der Waals surface area contributed by atoms with Crippen molar-refractivity contribution in [3.63, 3.8) is 0 Å². The van der Waals surface area contributed by atoms with Gasteiger partial charge in [0.1, 0.15) is 5.82 Å². The molecule has 0 aromatic heterocycles. The number of benzene rings is 2. The quantitative estimate of drug-likeness (QED) is 0.887. The van der Waals surface area contributed by atoms with Crippen molar-refractivity contribution in [1.82, 2.24) is 10.6 Å². The van der Waals surface area contributed by atoms with Crippen LogP contribution in [0.3, 0.4) is 0 Å². The molecule has 0 aliphatic carbocycles. The third-order valence-corrected chi connectivity index (χ3v) is 4.81. The second kappa shape index (κ2) is 7.32. The minimum absolute atomic E-state index is 0.0169. The first-order valence-electron chi connectivity index (χ1n) is 8.06. The number of rotatable bonds is 4. The molecule has 5 heteroatoms. The molecule has 1 aliphatic rings. The number of halogens is 2. The highest BCUT2D eigenvalue weighted by molar-refractivity contribution is 6.30. The monoisotopic (exact) mass is 346 g/mol. The fourth-order valence-corrected chi connectivity index (χ4v) is 3.32. The van der Waals surface area contributed by atoms with Crippen LogP contribution in [0.5, 0.6) is 0 Å². The summed E-state index contributed by atoms with van der Waals surface area (Å²) in [5.74, 6) is -0.351. The van der Waals surface area contributed by atoms with Crippen LogP contribution in [0.1, 0.15) is 30.0 Å². The molecule has 3 atom stereocenters. The molecule has 1 heterocycles. The molecule has 3 nitrogen and oxygen atoms in total. The summed E-state index contributed by atoms with van der Waals surface area (Å²) in [6, 6.07) is 13.7. The topological polar surface area (TPSA) is 41.1 Å². The van der Waals surface area contributed by atoms with E-state index in [0.717, 1.165) is 17.7 Å². The predicted molar refractivity (Wildman–Crippen MR) is 93.5 cm³/mol. The van der Waals surface area contributed by atoms with Crippen molar-refractivity contribution in [1.29, 1.82) is 0 Å². The van der Waals surface area contributed by atoms with E-state index in [0.29, 0.717) is 11.6 Å². The first-order valence-corrected chi connectivity index (χ1v) is 8.44. The zero-order valence-corrected chi connectivity index (χ0v) is 14.2. The summed E-state index contributed by atoms with van der Waals surface area (Å²) in [7, 11) is 0. The SMILES string of the molecule is C[C@@H](NC(=O)[C@@H]1CNC[C@H]1c1ccc(Cl)cc1)c1cccc(F)c1. The summed E-state index contributed by atoms with van der Waals surface area (Å²) in [5.41, 5.74) is 1.86. The van der Waals surface area contributed by atoms with Crippen LogP contribution in [0.25, 0.3) is 0 Å². The van der Waals surface area contributed by atoms with Gasteiger partial charge in [-0.2, -0.15) is 0 Å². The normalized spacial score (nSPS) is 21.5. The summed E-state index contributed by atoms with van der Waals surface area (Å²) < 4.78 is 13.3. The largest absolute Gasteiger partial charge is 0.349 e. The number of amides is 1. The van der Waals surface area contributed by atoms with Gasteiger partial charge in [-0.15, -0.1) is 0 Å². The van der Waals surface area contributed by atoms with Crippen molar-refractivity contribution in [2.24, 2.45) is 5.92 Å². The molecule has 24 heavy (non-hydrogen) atoms. The van der Waals surface area contributed by atoms with E-state index >= 15 is 0 Å². The summed E-state index contributed by atoms with van der Waals surface area (Å²) >= 11 is 5.94. The van der Waals surface area contributed by atoms with Crippen molar-refractivity contribution < 1.29 is 9.18 Å². The Bertz CT molecular complexity index is 720. The first-order chi connectivity index (χ1) is 11.5. The molecule has 0 bridgehead atoms. The molecule has 0 radical (unpaired) electrons. The van der Waals surface area contributed by atoms with Gasteiger partial charge in [0.05, 0.1) is 12.0 Å². The molecule has 1 amide bonds. The van der Waals surface area contributed by atoms with E-state index < -0.39 is 0 Å². The Morgan fingerprint density at radius 3 is 2.71 bits per heavy atom. The van der Waals surface area contributed by atoms with E-state index in [4.69, 9.17) is 11.6 Å². The molecule has 2 aromatic carbocycles. The Hall–Kier alpha value is -1.91. The van der Waals surface area contributed by atoms with Gasteiger partial charge in [0, 0.05) is 24.0 Å². The van der Waals surface area contributed by atoms with Crippen LogP contribution in [0.2, 0.25) is 5.02 Å². The smallest absolute Gasteiger partial charge is 0.225 e. The minimum Gasteiger partial charge on any atom is -0.349 e. The molecule has 0 unspecified atom stereocenters. The Morgan fingerprint density at radius 2 is 2.00 bits per heavy atom. The third kappa shape index (κ3) is 3.77. The van der Waals surface area contributed by atoms with Gasteiger partial charge in [-0.3, -0.25) is 4.79 Å². The van der Waals surface area contributed by atoms with Crippen molar-refractivity contribution >= 4 is 17.5 Å². The summed E-state index contributed by atoms with van der Waals surface area (Å²) in [6.07, 6.45) is 0. The maximum Gasteiger partial charge on any atom is 0.225 e.